The fraction of sp³-hybridized carbons (Fsp3) is 0.684. The maximum atomic E-state index is 12.4. The zero-order valence-electron chi connectivity index (χ0n) is 29.6. The molecule has 0 spiro atoms. The van der Waals surface area contributed by atoms with Gasteiger partial charge in [0.2, 0.25) is 5.88 Å². The van der Waals surface area contributed by atoms with Crippen molar-refractivity contribution in [1.82, 2.24) is 20.3 Å². The van der Waals surface area contributed by atoms with Gasteiger partial charge in [0.1, 0.15) is 18.5 Å². The van der Waals surface area contributed by atoms with E-state index in [1.807, 2.05) is 36.5 Å². The normalized spacial score (nSPS) is 12.9. The lowest BCUT2D eigenvalue weighted by molar-refractivity contribution is 0.113. The van der Waals surface area contributed by atoms with Crippen LogP contribution in [0.2, 0.25) is 0 Å². The van der Waals surface area contributed by atoms with Crippen molar-refractivity contribution in [3.05, 3.63) is 54.0 Å². The summed E-state index contributed by atoms with van der Waals surface area (Å²) in [5.41, 5.74) is 3.61. The molecule has 0 saturated heterocycles. The number of unbranched alkanes of at least 4 members (excludes halogenated alkanes) is 15. The highest BCUT2D eigenvalue weighted by Gasteiger charge is 2.18. The predicted octanol–water partition coefficient (Wildman–Crippen LogP) is 9.89. The van der Waals surface area contributed by atoms with E-state index in [0.29, 0.717) is 45.0 Å². The van der Waals surface area contributed by atoms with Gasteiger partial charge in [-0.2, -0.15) is 4.98 Å². The largest absolute Gasteiger partial charge is 0.471 e. The lowest BCUT2D eigenvalue weighted by Gasteiger charge is -2.12. The first-order valence-corrected chi connectivity index (χ1v) is 20.6. The minimum Gasteiger partial charge on any atom is -0.471 e. The summed E-state index contributed by atoms with van der Waals surface area (Å²) in [5.74, 6) is 0.513. The highest BCUT2D eigenvalue weighted by Crippen LogP contribution is 2.42. The van der Waals surface area contributed by atoms with E-state index in [2.05, 4.69) is 27.2 Å². The van der Waals surface area contributed by atoms with Crippen LogP contribution in [0.1, 0.15) is 134 Å². The monoisotopic (exact) mass is 686 g/mol. The number of benzene rings is 1. The molecule has 0 aliphatic rings. The topological polar surface area (TPSA) is 119 Å². The van der Waals surface area contributed by atoms with Crippen molar-refractivity contribution in [3.63, 3.8) is 0 Å². The number of nitrogens with zero attached hydrogens (tertiary/aromatic N) is 2. The molecule has 1 atom stereocenters. The van der Waals surface area contributed by atoms with E-state index in [-0.39, 0.29) is 12.8 Å². The zero-order valence-corrected chi connectivity index (χ0v) is 30.5. The number of ether oxygens (including phenoxy) is 2. The van der Waals surface area contributed by atoms with Gasteiger partial charge in [-0.05, 0) is 31.4 Å². The number of H-pyrrole nitrogens is 1. The standard InChI is InChI=1S/C38H63N4O5P/c1-2-3-4-5-6-7-8-9-10-11-12-13-14-15-16-20-26-45-27-22-28-47-48(43,44)29-21-25-39-30-35-31-40-37-36(35)41-33-42-38(37)46-32-34-23-18-17-19-24-34/h17-19,23-24,31,33,39-40H,2-16,20-22,25-30,32H2,1H3,(H,43,44). The van der Waals surface area contributed by atoms with Crippen molar-refractivity contribution in [2.75, 3.05) is 32.5 Å². The van der Waals surface area contributed by atoms with Gasteiger partial charge in [-0.1, -0.05) is 134 Å². The van der Waals surface area contributed by atoms with Crippen LogP contribution in [0.3, 0.4) is 0 Å². The molecule has 10 heteroatoms. The van der Waals surface area contributed by atoms with Gasteiger partial charge in [0, 0.05) is 31.5 Å². The van der Waals surface area contributed by atoms with Crippen LogP contribution in [0.15, 0.2) is 42.9 Å². The Bertz CT molecular complexity index is 1260. The highest BCUT2D eigenvalue weighted by molar-refractivity contribution is 7.52. The number of rotatable bonds is 31. The number of aromatic nitrogens is 3. The minimum atomic E-state index is -3.61. The first-order valence-electron chi connectivity index (χ1n) is 18.8. The average Bonchev–Trinajstić information content (AvgIpc) is 3.52. The predicted molar refractivity (Wildman–Crippen MR) is 197 cm³/mol. The summed E-state index contributed by atoms with van der Waals surface area (Å²) in [4.78, 5) is 22.1. The number of hydrogen-bond donors (Lipinski definition) is 3. The molecule has 0 radical (unpaired) electrons. The third kappa shape index (κ3) is 17.9. The maximum Gasteiger partial charge on any atom is 0.328 e. The number of fused-ring (bicyclic) bond motifs is 1. The Labute approximate surface area is 289 Å². The Balaban J connectivity index is 1.10. The molecule has 2 aromatic heterocycles. The molecule has 0 saturated carbocycles. The molecule has 3 rings (SSSR count). The molecular weight excluding hydrogens is 623 g/mol. The fourth-order valence-electron chi connectivity index (χ4n) is 5.85. The second kappa shape index (κ2) is 25.6. The van der Waals surface area contributed by atoms with Crippen LogP contribution in [0, 0.1) is 0 Å². The minimum absolute atomic E-state index is 0.119. The van der Waals surface area contributed by atoms with E-state index < -0.39 is 7.60 Å². The van der Waals surface area contributed by atoms with Crippen molar-refractivity contribution in [2.24, 2.45) is 0 Å². The fourth-order valence-corrected chi connectivity index (χ4v) is 6.96. The molecule has 270 valence electrons. The van der Waals surface area contributed by atoms with E-state index in [0.717, 1.165) is 35.2 Å². The number of hydrogen-bond acceptors (Lipinski definition) is 7. The molecule has 3 aromatic rings. The molecule has 3 N–H and O–H groups in total. The third-order valence-electron chi connectivity index (χ3n) is 8.70. The van der Waals surface area contributed by atoms with Crippen molar-refractivity contribution in [1.29, 1.82) is 0 Å². The summed E-state index contributed by atoms with van der Waals surface area (Å²) in [6.07, 6.45) is 26.4. The first kappa shape index (κ1) is 40.1. The average molecular weight is 687 g/mol. The van der Waals surface area contributed by atoms with Crippen LogP contribution < -0.4 is 10.1 Å². The smallest absolute Gasteiger partial charge is 0.328 e. The molecular formula is C38H63N4O5P. The zero-order chi connectivity index (χ0) is 34.0. The van der Waals surface area contributed by atoms with Gasteiger partial charge in [-0.15, -0.1) is 0 Å². The molecule has 9 nitrogen and oxygen atoms in total. The Hall–Kier alpha value is -2.29. The van der Waals surface area contributed by atoms with Gasteiger partial charge in [-0.25, -0.2) is 4.98 Å². The van der Waals surface area contributed by atoms with Gasteiger partial charge in [0.25, 0.3) is 0 Å². The van der Waals surface area contributed by atoms with Crippen molar-refractivity contribution in [2.45, 2.75) is 136 Å². The summed E-state index contributed by atoms with van der Waals surface area (Å²) in [7, 11) is -3.61. The quantitative estimate of drug-likeness (QED) is 0.0452. The highest BCUT2D eigenvalue weighted by atomic mass is 31.2. The number of nitrogens with one attached hydrogen (secondary N) is 2. The van der Waals surface area contributed by atoms with Crippen molar-refractivity contribution >= 4 is 18.6 Å². The molecule has 1 unspecified atom stereocenters. The van der Waals surface area contributed by atoms with Crippen LogP contribution >= 0.6 is 7.60 Å². The Morgan fingerprint density at radius 2 is 1.40 bits per heavy atom. The van der Waals surface area contributed by atoms with Gasteiger partial charge in [0.05, 0.1) is 18.3 Å². The summed E-state index contributed by atoms with van der Waals surface area (Å²) >= 11 is 0. The first-order chi connectivity index (χ1) is 23.6. The van der Waals surface area contributed by atoms with Crippen LogP contribution in [0.4, 0.5) is 0 Å². The summed E-state index contributed by atoms with van der Waals surface area (Å²) in [5, 5.41) is 3.33. The third-order valence-corrected chi connectivity index (χ3v) is 10.2. The maximum absolute atomic E-state index is 12.4. The molecule has 2 heterocycles. The molecule has 0 amide bonds. The molecule has 0 bridgehead atoms. The Morgan fingerprint density at radius 3 is 2.06 bits per heavy atom. The lowest BCUT2D eigenvalue weighted by Crippen LogP contribution is -2.16. The number of aromatic amines is 1. The summed E-state index contributed by atoms with van der Waals surface area (Å²) in [6, 6.07) is 9.95. The van der Waals surface area contributed by atoms with Crippen LogP contribution in [0.5, 0.6) is 5.88 Å². The van der Waals surface area contributed by atoms with E-state index in [1.54, 1.807) is 0 Å². The van der Waals surface area contributed by atoms with E-state index in [4.69, 9.17) is 14.0 Å². The lowest BCUT2D eigenvalue weighted by atomic mass is 10.0. The summed E-state index contributed by atoms with van der Waals surface area (Å²) < 4.78 is 29.4. The molecule has 48 heavy (non-hydrogen) atoms. The Morgan fingerprint density at radius 1 is 0.771 bits per heavy atom. The van der Waals surface area contributed by atoms with E-state index in [1.165, 1.54) is 103 Å². The van der Waals surface area contributed by atoms with Gasteiger partial charge >= 0.3 is 7.60 Å². The molecule has 0 fully saturated rings. The SMILES string of the molecule is CCCCCCCCCCCCCCCCCCOCCCOP(=O)(O)CCCNCc1c[nH]c2c(OCc3ccccc3)ncnc12. The van der Waals surface area contributed by atoms with Crippen molar-refractivity contribution < 1.29 is 23.5 Å². The van der Waals surface area contributed by atoms with Crippen LogP contribution in [-0.2, 0) is 27.0 Å². The van der Waals surface area contributed by atoms with E-state index >= 15 is 0 Å². The molecule has 0 aliphatic carbocycles. The van der Waals surface area contributed by atoms with E-state index in [9.17, 15) is 9.46 Å². The second-order valence-corrected chi connectivity index (χ2v) is 15.0. The molecule has 1 aromatic carbocycles. The van der Waals surface area contributed by atoms with Gasteiger partial charge in [0.15, 0.2) is 0 Å². The van der Waals surface area contributed by atoms with Gasteiger partial charge < -0.3 is 29.2 Å². The van der Waals surface area contributed by atoms with Crippen molar-refractivity contribution in [3.8, 4) is 5.88 Å². The van der Waals surface area contributed by atoms with Crippen LogP contribution in [0.25, 0.3) is 11.0 Å². The van der Waals surface area contributed by atoms with Crippen LogP contribution in [-0.4, -0.2) is 52.4 Å². The second-order valence-electron chi connectivity index (χ2n) is 13.0. The van der Waals surface area contributed by atoms with Gasteiger partial charge in [-0.3, -0.25) is 4.57 Å². The Kier molecular flexibility index (Phi) is 21.4. The molecule has 0 aliphatic heterocycles. The summed E-state index contributed by atoms with van der Waals surface area (Å²) in [6.45, 7) is 5.43.